The highest BCUT2D eigenvalue weighted by atomic mass is 14.9. The smallest absolute Gasteiger partial charge is 0.00704 e. The van der Waals surface area contributed by atoms with E-state index in [1.807, 2.05) is 0 Å². The van der Waals surface area contributed by atoms with Crippen molar-refractivity contribution in [1.29, 1.82) is 0 Å². The average molecular weight is 235 g/mol. The second-order valence-corrected chi connectivity index (χ2v) is 5.08. The highest BCUT2D eigenvalue weighted by Gasteiger charge is 2.11. The molecule has 0 aromatic heterocycles. The van der Waals surface area contributed by atoms with Gasteiger partial charge in [0.05, 0.1) is 0 Å². The lowest BCUT2D eigenvalue weighted by molar-refractivity contribution is 0.565. The molecule has 1 aliphatic rings. The molecule has 0 aromatic rings. The van der Waals surface area contributed by atoms with Gasteiger partial charge in [-0.2, -0.15) is 0 Å². The van der Waals surface area contributed by atoms with Gasteiger partial charge in [0.2, 0.25) is 0 Å². The summed E-state index contributed by atoms with van der Waals surface area (Å²) in [6.07, 6.45) is 21.0. The zero-order valence-corrected chi connectivity index (χ0v) is 11.5. The van der Waals surface area contributed by atoms with Crippen molar-refractivity contribution in [3.8, 4) is 0 Å². The van der Waals surface area contributed by atoms with Gasteiger partial charge in [0.25, 0.3) is 0 Å². The molecular weight excluding hydrogens is 206 g/mol. The summed E-state index contributed by atoms with van der Waals surface area (Å²) in [6, 6.07) is 0.790. The van der Waals surface area contributed by atoms with Gasteiger partial charge in [-0.05, 0) is 45.1 Å². The van der Waals surface area contributed by atoms with E-state index < -0.39 is 0 Å². The van der Waals surface area contributed by atoms with Crippen molar-refractivity contribution < 1.29 is 0 Å². The first-order valence-electron chi connectivity index (χ1n) is 7.48. The maximum atomic E-state index is 3.54. The monoisotopic (exact) mass is 235 g/mol. The van der Waals surface area contributed by atoms with E-state index in [0.717, 1.165) is 6.04 Å². The first kappa shape index (κ1) is 14.5. The van der Waals surface area contributed by atoms with Crippen LogP contribution < -0.4 is 5.32 Å². The third-order valence-corrected chi connectivity index (χ3v) is 3.45. The predicted octanol–water partition coefficient (Wildman–Crippen LogP) is 4.60. The number of rotatable bonds is 9. The number of hydrogen-bond donors (Lipinski definition) is 1. The summed E-state index contributed by atoms with van der Waals surface area (Å²) in [4.78, 5) is 0. The Morgan fingerprint density at radius 3 is 2.59 bits per heavy atom. The quantitative estimate of drug-likeness (QED) is 0.455. The van der Waals surface area contributed by atoms with Crippen LogP contribution >= 0.6 is 0 Å². The van der Waals surface area contributed by atoms with Crippen LogP contribution in [0.4, 0.5) is 0 Å². The zero-order chi connectivity index (χ0) is 12.2. The van der Waals surface area contributed by atoms with Crippen molar-refractivity contribution in [3.05, 3.63) is 24.3 Å². The van der Waals surface area contributed by atoms with Crippen molar-refractivity contribution >= 4 is 0 Å². The number of nitrogens with one attached hydrogen (secondary N) is 1. The molecule has 1 rings (SSSR count). The minimum atomic E-state index is 0.790. The van der Waals surface area contributed by atoms with Crippen LogP contribution in [0.25, 0.3) is 0 Å². The van der Waals surface area contributed by atoms with E-state index in [9.17, 15) is 0 Å². The van der Waals surface area contributed by atoms with E-state index in [1.165, 1.54) is 64.3 Å². The highest BCUT2D eigenvalue weighted by Crippen LogP contribution is 2.10. The van der Waals surface area contributed by atoms with Crippen LogP contribution in [-0.2, 0) is 0 Å². The maximum absolute atomic E-state index is 3.54. The SMILES string of the molecule is CCCCCC/C=C/C=C/CC[C@H]1CCCN1. The molecule has 0 aromatic carbocycles. The third kappa shape index (κ3) is 8.20. The van der Waals surface area contributed by atoms with E-state index in [2.05, 4.69) is 36.5 Å². The Morgan fingerprint density at radius 1 is 1.06 bits per heavy atom. The summed E-state index contributed by atoms with van der Waals surface area (Å²) < 4.78 is 0. The molecule has 1 atom stereocenters. The molecule has 0 amide bonds. The van der Waals surface area contributed by atoms with Gasteiger partial charge in [0, 0.05) is 6.04 Å². The van der Waals surface area contributed by atoms with Gasteiger partial charge in [-0.1, -0.05) is 50.5 Å². The normalized spacial score (nSPS) is 20.9. The molecule has 17 heavy (non-hydrogen) atoms. The van der Waals surface area contributed by atoms with Gasteiger partial charge < -0.3 is 5.32 Å². The Kier molecular flexibility index (Phi) is 9.03. The molecule has 1 fully saturated rings. The molecule has 0 bridgehead atoms. The lowest BCUT2D eigenvalue weighted by Gasteiger charge is -2.06. The minimum Gasteiger partial charge on any atom is -0.314 e. The van der Waals surface area contributed by atoms with Crippen LogP contribution in [0.2, 0.25) is 0 Å². The second kappa shape index (κ2) is 10.6. The molecule has 98 valence electrons. The van der Waals surface area contributed by atoms with Crippen molar-refractivity contribution in [2.45, 2.75) is 70.8 Å². The van der Waals surface area contributed by atoms with Crippen molar-refractivity contribution in [2.75, 3.05) is 6.54 Å². The predicted molar refractivity (Wildman–Crippen MR) is 77.3 cm³/mol. The van der Waals surface area contributed by atoms with E-state index >= 15 is 0 Å². The molecule has 1 aliphatic heterocycles. The van der Waals surface area contributed by atoms with Crippen LogP contribution in [0.15, 0.2) is 24.3 Å². The number of hydrogen-bond acceptors (Lipinski definition) is 1. The van der Waals surface area contributed by atoms with E-state index in [0.29, 0.717) is 0 Å². The molecule has 1 heterocycles. The van der Waals surface area contributed by atoms with Crippen LogP contribution in [0, 0.1) is 0 Å². The van der Waals surface area contributed by atoms with Crippen LogP contribution in [0.5, 0.6) is 0 Å². The van der Waals surface area contributed by atoms with Crippen molar-refractivity contribution in [1.82, 2.24) is 5.32 Å². The standard InChI is InChI=1S/C16H29N/c1-2-3-4-5-6-7-8-9-10-11-13-16-14-12-15-17-16/h7-10,16-17H,2-6,11-15H2,1H3/b8-7+,10-9+/t16-/m0/s1. The first-order valence-corrected chi connectivity index (χ1v) is 7.48. The fraction of sp³-hybridized carbons (Fsp3) is 0.750. The topological polar surface area (TPSA) is 12.0 Å². The first-order chi connectivity index (χ1) is 8.43. The molecule has 0 aliphatic carbocycles. The van der Waals surface area contributed by atoms with Crippen LogP contribution in [-0.4, -0.2) is 12.6 Å². The molecule has 1 nitrogen and oxygen atoms in total. The summed E-state index contributed by atoms with van der Waals surface area (Å²) in [5.41, 5.74) is 0. The Labute approximate surface area is 107 Å². The van der Waals surface area contributed by atoms with E-state index in [1.54, 1.807) is 0 Å². The molecule has 0 radical (unpaired) electrons. The molecule has 1 N–H and O–H groups in total. The Bertz CT molecular complexity index is 212. The minimum absolute atomic E-state index is 0.790. The molecule has 0 unspecified atom stereocenters. The molecule has 0 spiro atoms. The number of allylic oxidation sites excluding steroid dienone is 4. The highest BCUT2D eigenvalue weighted by molar-refractivity contribution is 5.02. The Morgan fingerprint density at radius 2 is 1.88 bits per heavy atom. The average Bonchev–Trinajstić information content (AvgIpc) is 2.85. The van der Waals surface area contributed by atoms with Crippen LogP contribution in [0.1, 0.15) is 64.7 Å². The summed E-state index contributed by atoms with van der Waals surface area (Å²) in [7, 11) is 0. The van der Waals surface area contributed by atoms with E-state index in [4.69, 9.17) is 0 Å². The summed E-state index contributed by atoms with van der Waals surface area (Å²) in [5.74, 6) is 0. The fourth-order valence-corrected chi connectivity index (χ4v) is 2.34. The zero-order valence-electron chi connectivity index (χ0n) is 11.5. The van der Waals surface area contributed by atoms with Crippen LogP contribution in [0.3, 0.4) is 0 Å². The van der Waals surface area contributed by atoms with E-state index in [-0.39, 0.29) is 0 Å². The Hall–Kier alpha value is -0.560. The maximum Gasteiger partial charge on any atom is 0.00704 e. The van der Waals surface area contributed by atoms with Gasteiger partial charge in [-0.25, -0.2) is 0 Å². The molecule has 1 heteroatoms. The number of unbranched alkanes of at least 4 members (excludes halogenated alkanes) is 4. The lowest BCUT2D eigenvalue weighted by atomic mass is 10.1. The van der Waals surface area contributed by atoms with Gasteiger partial charge in [0.1, 0.15) is 0 Å². The summed E-state index contributed by atoms with van der Waals surface area (Å²) >= 11 is 0. The van der Waals surface area contributed by atoms with Gasteiger partial charge in [-0.15, -0.1) is 0 Å². The Balaban J connectivity index is 1.88. The van der Waals surface area contributed by atoms with Crippen molar-refractivity contribution in [3.63, 3.8) is 0 Å². The summed E-state index contributed by atoms with van der Waals surface area (Å²) in [6.45, 7) is 3.49. The lowest BCUT2D eigenvalue weighted by Crippen LogP contribution is -2.20. The second-order valence-electron chi connectivity index (χ2n) is 5.08. The largest absolute Gasteiger partial charge is 0.314 e. The third-order valence-electron chi connectivity index (χ3n) is 3.45. The summed E-state index contributed by atoms with van der Waals surface area (Å²) in [5, 5.41) is 3.54. The van der Waals surface area contributed by atoms with Gasteiger partial charge >= 0.3 is 0 Å². The van der Waals surface area contributed by atoms with Crippen molar-refractivity contribution in [2.24, 2.45) is 0 Å². The van der Waals surface area contributed by atoms with Gasteiger partial charge in [-0.3, -0.25) is 0 Å². The fourth-order valence-electron chi connectivity index (χ4n) is 2.34. The molecule has 1 saturated heterocycles. The molecular formula is C16H29N. The van der Waals surface area contributed by atoms with Gasteiger partial charge in [0.15, 0.2) is 0 Å². The molecule has 0 saturated carbocycles.